The van der Waals surface area contributed by atoms with E-state index in [1.54, 1.807) is 0 Å². The van der Waals surface area contributed by atoms with Gasteiger partial charge in [0.2, 0.25) is 0 Å². The van der Waals surface area contributed by atoms with Crippen molar-refractivity contribution in [1.82, 2.24) is 4.90 Å². The van der Waals surface area contributed by atoms with Crippen molar-refractivity contribution in [3.05, 3.63) is 23.8 Å². The largest absolute Gasteiger partial charge is 0.481 e. The smallest absolute Gasteiger partial charge is 0.307 e. The molecule has 4 nitrogen and oxygen atoms in total. The topological polar surface area (TPSA) is 49.8 Å². The Hall–Kier alpha value is -1.13. The highest BCUT2D eigenvalue weighted by atomic mass is 16.5. The summed E-state index contributed by atoms with van der Waals surface area (Å²) in [5.41, 5.74) is 1.35. The molecule has 4 heteroatoms. The van der Waals surface area contributed by atoms with Gasteiger partial charge in [0.1, 0.15) is 0 Å². The fourth-order valence-corrected chi connectivity index (χ4v) is 4.06. The van der Waals surface area contributed by atoms with Crippen LogP contribution in [0.2, 0.25) is 0 Å². The Balaban J connectivity index is 1.73. The zero-order chi connectivity index (χ0) is 14.7. The van der Waals surface area contributed by atoms with Crippen LogP contribution in [0.4, 0.5) is 0 Å². The molecule has 3 aliphatic rings. The van der Waals surface area contributed by atoms with Crippen molar-refractivity contribution in [2.24, 2.45) is 11.8 Å². The summed E-state index contributed by atoms with van der Waals surface area (Å²) in [4.78, 5) is 14.1. The van der Waals surface area contributed by atoms with Gasteiger partial charge in [-0.25, -0.2) is 0 Å². The monoisotopic (exact) mass is 291 g/mol. The molecule has 1 N–H and O–H groups in total. The van der Waals surface area contributed by atoms with Gasteiger partial charge in [-0.15, -0.1) is 0 Å². The summed E-state index contributed by atoms with van der Waals surface area (Å²) < 4.78 is 5.44. The van der Waals surface area contributed by atoms with Gasteiger partial charge >= 0.3 is 5.97 Å². The van der Waals surface area contributed by atoms with E-state index in [-0.39, 0.29) is 11.8 Å². The number of carboxylic acid groups (broad SMARTS) is 1. The molecule has 0 aromatic rings. The minimum absolute atomic E-state index is 0.194. The van der Waals surface area contributed by atoms with Crippen molar-refractivity contribution in [2.75, 3.05) is 26.3 Å². The van der Waals surface area contributed by atoms with E-state index in [1.165, 1.54) is 5.57 Å². The van der Waals surface area contributed by atoms with E-state index in [0.717, 1.165) is 58.4 Å². The maximum absolute atomic E-state index is 11.6. The molecule has 3 unspecified atom stereocenters. The average Bonchev–Trinajstić information content (AvgIpc) is 2.56. The number of aliphatic carboxylic acids is 1. The zero-order valence-electron chi connectivity index (χ0n) is 12.5. The molecule has 1 saturated heterocycles. The molecule has 1 saturated carbocycles. The Labute approximate surface area is 126 Å². The summed E-state index contributed by atoms with van der Waals surface area (Å²) in [5, 5.41) is 9.56. The quantitative estimate of drug-likeness (QED) is 0.868. The van der Waals surface area contributed by atoms with Crippen molar-refractivity contribution in [1.29, 1.82) is 0 Å². The van der Waals surface area contributed by atoms with Crippen LogP contribution < -0.4 is 0 Å². The van der Waals surface area contributed by atoms with Gasteiger partial charge in [-0.2, -0.15) is 0 Å². The third-order valence-corrected chi connectivity index (χ3v) is 5.22. The van der Waals surface area contributed by atoms with Crippen LogP contribution >= 0.6 is 0 Å². The molecule has 3 rings (SSSR count). The van der Waals surface area contributed by atoms with Crippen molar-refractivity contribution in [3.63, 3.8) is 0 Å². The SMILES string of the molecule is O=C(O)C1CCC(N2CCOCC2)CC1C1=CC=CCC1. The van der Waals surface area contributed by atoms with Crippen LogP contribution in [-0.4, -0.2) is 48.3 Å². The lowest BCUT2D eigenvalue weighted by molar-refractivity contribution is -0.145. The number of nitrogens with zero attached hydrogens (tertiary/aromatic N) is 1. The number of hydrogen-bond donors (Lipinski definition) is 1. The van der Waals surface area contributed by atoms with E-state index in [0.29, 0.717) is 6.04 Å². The van der Waals surface area contributed by atoms with Crippen molar-refractivity contribution >= 4 is 5.97 Å². The van der Waals surface area contributed by atoms with E-state index >= 15 is 0 Å². The normalized spacial score (nSPS) is 34.5. The molecule has 0 aromatic heterocycles. The zero-order valence-corrected chi connectivity index (χ0v) is 12.5. The second kappa shape index (κ2) is 6.75. The highest BCUT2D eigenvalue weighted by molar-refractivity contribution is 5.71. The molecule has 0 aromatic carbocycles. The summed E-state index contributed by atoms with van der Waals surface area (Å²) in [6, 6.07) is 0.529. The Bertz CT molecular complexity index is 437. The molecule has 2 aliphatic carbocycles. The fraction of sp³-hybridized carbons (Fsp3) is 0.706. The number of ether oxygens (including phenoxy) is 1. The summed E-state index contributed by atoms with van der Waals surface area (Å²) in [6.45, 7) is 3.62. The van der Waals surface area contributed by atoms with Crippen LogP contribution in [0, 0.1) is 11.8 Å². The molecular weight excluding hydrogens is 266 g/mol. The van der Waals surface area contributed by atoms with E-state index in [2.05, 4.69) is 23.1 Å². The van der Waals surface area contributed by atoms with Crippen LogP contribution in [0.3, 0.4) is 0 Å². The standard InChI is InChI=1S/C17H25NO3/c19-17(20)15-7-6-14(18-8-10-21-11-9-18)12-16(15)13-4-2-1-3-5-13/h1-2,4,14-16H,3,5-12H2,(H,19,20). The fourth-order valence-electron chi connectivity index (χ4n) is 4.06. The molecule has 0 bridgehead atoms. The van der Waals surface area contributed by atoms with Crippen molar-refractivity contribution < 1.29 is 14.6 Å². The number of allylic oxidation sites excluding steroid dienone is 4. The van der Waals surface area contributed by atoms with E-state index in [4.69, 9.17) is 4.74 Å². The molecular formula is C17H25NO3. The highest BCUT2D eigenvalue weighted by Gasteiger charge is 2.38. The van der Waals surface area contributed by atoms with Crippen LogP contribution in [0.25, 0.3) is 0 Å². The minimum atomic E-state index is -0.615. The summed E-state index contributed by atoms with van der Waals surface area (Å²) in [6.07, 6.45) is 11.3. The van der Waals surface area contributed by atoms with E-state index < -0.39 is 5.97 Å². The molecule has 1 aliphatic heterocycles. The number of hydrogen-bond acceptors (Lipinski definition) is 3. The van der Waals surface area contributed by atoms with Gasteiger partial charge in [-0.1, -0.05) is 23.8 Å². The van der Waals surface area contributed by atoms with Crippen LogP contribution in [0.5, 0.6) is 0 Å². The number of carboxylic acids is 1. The van der Waals surface area contributed by atoms with Crippen LogP contribution in [0.1, 0.15) is 32.1 Å². The molecule has 0 radical (unpaired) electrons. The first-order valence-electron chi connectivity index (χ1n) is 8.16. The number of carbonyl (C=O) groups is 1. The maximum atomic E-state index is 11.6. The van der Waals surface area contributed by atoms with Gasteiger partial charge in [0.25, 0.3) is 0 Å². The van der Waals surface area contributed by atoms with Gasteiger partial charge in [0, 0.05) is 19.1 Å². The predicted molar refractivity (Wildman–Crippen MR) is 81.1 cm³/mol. The maximum Gasteiger partial charge on any atom is 0.307 e. The highest BCUT2D eigenvalue weighted by Crippen LogP contribution is 2.39. The summed E-state index contributed by atoms with van der Waals surface area (Å²) in [7, 11) is 0. The summed E-state index contributed by atoms with van der Waals surface area (Å²) >= 11 is 0. The van der Waals surface area contributed by atoms with Gasteiger partial charge in [0.15, 0.2) is 0 Å². The third-order valence-electron chi connectivity index (χ3n) is 5.22. The van der Waals surface area contributed by atoms with Crippen molar-refractivity contribution in [2.45, 2.75) is 38.1 Å². The summed E-state index contributed by atoms with van der Waals surface area (Å²) in [5.74, 6) is -0.593. The first-order valence-corrected chi connectivity index (χ1v) is 8.16. The predicted octanol–water partition coefficient (Wildman–Crippen LogP) is 2.46. The minimum Gasteiger partial charge on any atom is -0.481 e. The van der Waals surface area contributed by atoms with Gasteiger partial charge in [-0.05, 0) is 38.0 Å². The lowest BCUT2D eigenvalue weighted by atomic mass is 9.71. The average molecular weight is 291 g/mol. The van der Waals surface area contributed by atoms with Crippen molar-refractivity contribution in [3.8, 4) is 0 Å². The molecule has 21 heavy (non-hydrogen) atoms. The first kappa shape index (κ1) is 14.8. The molecule has 1 heterocycles. The Morgan fingerprint density at radius 2 is 2.10 bits per heavy atom. The first-order chi connectivity index (χ1) is 10.3. The lowest BCUT2D eigenvalue weighted by Gasteiger charge is -2.42. The molecule has 116 valence electrons. The second-order valence-electron chi connectivity index (χ2n) is 6.37. The third kappa shape index (κ3) is 3.38. The van der Waals surface area contributed by atoms with Crippen LogP contribution in [0.15, 0.2) is 23.8 Å². The second-order valence-corrected chi connectivity index (χ2v) is 6.37. The van der Waals surface area contributed by atoms with Gasteiger partial charge < -0.3 is 9.84 Å². The lowest BCUT2D eigenvalue weighted by Crippen LogP contribution is -2.48. The van der Waals surface area contributed by atoms with E-state index in [1.807, 2.05) is 0 Å². The Kier molecular flexibility index (Phi) is 4.76. The Morgan fingerprint density at radius 3 is 2.76 bits per heavy atom. The van der Waals surface area contributed by atoms with Gasteiger partial charge in [-0.3, -0.25) is 9.69 Å². The van der Waals surface area contributed by atoms with Gasteiger partial charge in [0.05, 0.1) is 19.1 Å². The molecule has 0 spiro atoms. The molecule has 2 fully saturated rings. The molecule has 3 atom stereocenters. The Morgan fingerprint density at radius 1 is 1.29 bits per heavy atom. The van der Waals surface area contributed by atoms with Crippen LogP contribution in [-0.2, 0) is 9.53 Å². The number of rotatable bonds is 3. The van der Waals surface area contributed by atoms with E-state index in [9.17, 15) is 9.90 Å². The number of morpholine rings is 1. The molecule has 0 amide bonds.